The van der Waals surface area contributed by atoms with Crippen LogP contribution in [0.1, 0.15) is 6.92 Å². The van der Waals surface area contributed by atoms with Crippen molar-refractivity contribution in [2.45, 2.75) is 6.92 Å². The molecule has 2 rings (SSSR count). The summed E-state index contributed by atoms with van der Waals surface area (Å²) < 4.78 is 18.3. The van der Waals surface area contributed by atoms with Crippen LogP contribution in [-0.4, -0.2) is 76.9 Å². The summed E-state index contributed by atoms with van der Waals surface area (Å²) in [6.45, 7) is 9.94. The fraction of sp³-hybridized carbons (Fsp3) is 0.611. The molecule has 2 N–H and O–H groups in total. The van der Waals surface area contributed by atoms with Gasteiger partial charge in [-0.1, -0.05) is 0 Å². The second kappa shape index (κ2) is 10.9. The molecular weight excluding hydrogens is 321 g/mol. The number of piperazine rings is 1. The third-order valence-electron chi connectivity index (χ3n) is 4.25. The van der Waals surface area contributed by atoms with Crippen molar-refractivity contribution < 1.29 is 9.13 Å². The van der Waals surface area contributed by atoms with Gasteiger partial charge in [0.15, 0.2) is 5.96 Å². The Labute approximate surface area is 150 Å². The number of benzene rings is 1. The smallest absolute Gasteiger partial charge is 0.191 e. The number of halogens is 1. The molecule has 140 valence electrons. The number of aliphatic imine (C=N–C) groups is 1. The largest absolute Gasteiger partial charge is 0.380 e. The fourth-order valence-corrected chi connectivity index (χ4v) is 2.82. The quantitative estimate of drug-likeness (QED) is 0.418. The third-order valence-corrected chi connectivity index (χ3v) is 4.25. The van der Waals surface area contributed by atoms with Gasteiger partial charge in [0.25, 0.3) is 0 Å². The topological polar surface area (TPSA) is 52.1 Å². The first-order valence-electron chi connectivity index (χ1n) is 8.98. The number of nitrogens with one attached hydrogen (secondary N) is 2. The van der Waals surface area contributed by atoms with E-state index in [0.29, 0.717) is 6.61 Å². The van der Waals surface area contributed by atoms with Crippen molar-refractivity contribution >= 4 is 11.6 Å². The van der Waals surface area contributed by atoms with Crippen LogP contribution in [0.2, 0.25) is 0 Å². The Morgan fingerprint density at radius 2 is 1.80 bits per heavy atom. The van der Waals surface area contributed by atoms with Gasteiger partial charge in [-0.2, -0.15) is 0 Å². The Hall–Kier alpha value is -1.86. The Morgan fingerprint density at radius 3 is 2.44 bits per heavy atom. The third kappa shape index (κ3) is 6.88. The second-order valence-corrected chi connectivity index (χ2v) is 5.93. The molecule has 1 aliphatic rings. The Kier molecular flexibility index (Phi) is 8.48. The molecule has 1 aromatic rings. The first kappa shape index (κ1) is 19.5. The fourth-order valence-electron chi connectivity index (χ4n) is 2.82. The summed E-state index contributed by atoms with van der Waals surface area (Å²) in [7, 11) is 1.78. The maximum Gasteiger partial charge on any atom is 0.191 e. The van der Waals surface area contributed by atoms with E-state index in [0.717, 1.165) is 64.1 Å². The van der Waals surface area contributed by atoms with Crippen LogP contribution in [0.15, 0.2) is 29.3 Å². The maximum atomic E-state index is 13.0. The first-order valence-corrected chi connectivity index (χ1v) is 8.98. The number of nitrogens with zero attached hydrogens (tertiary/aromatic N) is 3. The minimum atomic E-state index is -0.184. The molecule has 0 saturated carbocycles. The lowest BCUT2D eigenvalue weighted by atomic mass is 10.2. The van der Waals surface area contributed by atoms with Gasteiger partial charge < -0.3 is 20.3 Å². The molecular formula is C18H30FN5O. The van der Waals surface area contributed by atoms with Gasteiger partial charge >= 0.3 is 0 Å². The van der Waals surface area contributed by atoms with Crippen LogP contribution in [0.3, 0.4) is 0 Å². The molecule has 1 aromatic carbocycles. The van der Waals surface area contributed by atoms with E-state index < -0.39 is 0 Å². The highest BCUT2D eigenvalue weighted by molar-refractivity contribution is 5.79. The molecule has 7 heteroatoms. The van der Waals surface area contributed by atoms with Crippen molar-refractivity contribution in [1.29, 1.82) is 0 Å². The maximum absolute atomic E-state index is 13.0. The molecule has 1 heterocycles. The van der Waals surface area contributed by atoms with Gasteiger partial charge in [-0.15, -0.1) is 0 Å². The van der Waals surface area contributed by atoms with Crippen LogP contribution in [0.4, 0.5) is 10.1 Å². The molecule has 6 nitrogen and oxygen atoms in total. The van der Waals surface area contributed by atoms with Gasteiger partial charge in [0.1, 0.15) is 5.82 Å². The average molecular weight is 351 g/mol. The molecule has 0 spiro atoms. The van der Waals surface area contributed by atoms with Crippen LogP contribution in [0.25, 0.3) is 0 Å². The van der Waals surface area contributed by atoms with Gasteiger partial charge in [0, 0.05) is 65.2 Å². The number of hydrogen-bond donors (Lipinski definition) is 2. The Morgan fingerprint density at radius 1 is 1.12 bits per heavy atom. The summed E-state index contributed by atoms with van der Waals surface area (Å²) in [6.07, 6.45) is 0. The highest BCUT2D eigenvalue weighted by Gasteiger charge is 2.16. The lowest BCUT2D eigenvalue weighted by Gasteiger charge is -2.36. The van der Waals surface area contributed by atoms with Gasteiger partial charge in [0.2, 0.25) is 0 Å². The highest BCUT2D eigenvalue weighted by Crippen LogP contribution is 2.16. The summed E-state index contributed by atoms with van der Waals surface area (Å²) in [5.41, 5.74) is 1.10. The summed E-state index contributed by atoms with van der Waals surface area (Å²) >= 11 is 0. The van der Waals surface area contributed by atoms with Gasteiger partial charge in [-0.3, -0.25) is 9.89 Å². The number of rotatable bonds is 8. The molecule has 0 unspecified atom stereocenters. The molecule has 0 radical (unpaired) electrons. The van der Waals surface area contributed by atoms with Crippen molar-refractivity contribution in [3.05, 3.63) is 30.1 Å². The van der Waals surface area contributed by atoms with Crippen molar-refractivity contribution in [1.82, 2.24) is 15.5 Å². The van der Waals surface area contributed by atoms with Gasteiger partial charge in [-0.25, -0.2) is 4.39 Å². The Balaban J connectivity index is 1.62. The molecule has 25 heavy (non-hydrogen) atoms. The summed E-state index contributed by atoms with van der Waals surface area (Å²) in [4.78, 5) is 8.94. The van der Waals surface area contributed by atoms with E-state index >= 15 is 0 Å². The predicted molar refractivity (Wildman–Crippen MR) is 101 cm³/mol. The zero-order valence-electron chi connectivity index (χ0n) is 15.3. The minimum absolute atomic E-state index is 0.184. The standard InChI is InChI=1S/C18H30FN5O/c1-3-25-15-9-22-18(20-2)21-8-10-23-11-13-24(14-12-23)17-6-4-16(19)5-7-17/h4-7H,3,8-15H2,1-2H3,(H2,20,21,22). The molecule has 0 aromatic heterocycles. The van der Waals surface area contributed by atoms with Crippen molar-refractivity contribution in [2.24, 2.45) is 4.99 Å². The minimum Gasteiger partial charge on any atom is -0.380 e. The van der Waals surface area contributed by atoms with Crippen molar-refractivity contribution in [2.75, 3.05) is 71.0 Å². The second-order valence-electron chi connectivity index (χ2n) is 5.93. The highest BCUT2D eigenvalue weighted by atomic mass is 19.1. The lowest BCUT2D eigenvalue weighted by molar-refractivity contribution is 0.152. The van der Waals surface area contributed by atoms with Gasteiger partial charge in [-0.05, 0) is 31.2 Å². The number of guanidine groups is 1. The van der Waals surface area contributed by atoms with Crippen LogP contribution >= 0.6 is 0 Å². The molecule has 1 fully saturated rings. The van der Waals surface area contributed by atoms with E-state index in [4.69, 9.17) is 4.74 Å². The van der Waals surface area contributed by atoms with E-state index in [1.807, 2.05) is 19.1 Å². The monoisotopic (exact) mass is 351 g/mol. The Bertz CT molecular complexity index is 515. The molecule has 0 atom stereocenters. The zero-order valence-corrected chi connectivity index (χ0v) is 15.3. The van der Waals surface area contributed by atoms with E-state index in [1.54, 1.807) is 7.05 Å². The summed E-state index contributed by atoms with van der Waals surface area (Å²) in [5, 5.41) is 6.56. The predicted octanol–water partition coefficient (Wildman–Crippen LogP) is 1.15. The molecule has 0 amide bonds. The molecule has 0 bridgehead atoms. The zero-order chi connectivity index (χ0) is 17.9. The van der Waals surface area contributed by atoms with Crippen LogP contribution < -0.4 is 15.5 Å². The van der Waals surface area contributed by atoms with E-state index in [1.165, 1.54) is 12.1 Å². The number of hydrogen-bond acceptors (Lipinski definition) is 4. The van der Waals surface area contributed by atoms with Gasteiger partial charge in [0.05, 0.1) is 6.61 Å². The van der Waals surface area contributed by atoms with E-state index in [-0.39, 0.29) is 5.82 Å². The van der Waals surface area contributed by atoms with Crippen LogP contribution in [0, 0.1) is 5.82 Å². The van der Waals surface area contributed by atoms with E-state index in [2.05, 4.69) is 25.4 Å². The van der Waals surface area contributed by atoms with Crippen LogP contribution in [0.5, 0.6) is 0 Å². The normalized spacial score (nSPS) is 16.1. The summed E-state index contributed by atoms with van der Waals surface area (Å²) in [6, 6.07) is 6.75. The number of anilines is 1. The molecule has 0 aliphatic carbocycles. The van der Waals surface area contributed by atoms with Crippen LogP contribution in [-0.2, 0) is 4.74 Å². The van der Waals surface area contributed by atoms with Crippen molar-refractivity contribution in [3.63, 3.8) is 0 Å². The average Bonchev–Trinajstić information content (AvgIpc) is 2.65. The SMILES string of the molecule is CCOCCNC(=NC)NCCN1CCN(c2ccc(F)cc2)CC1. The number of ether oxygens (including phenoxy) is 1. The van der Waals surface area contributed by atoms with Crippen molar-refractivity contribution in [3.8, 4) is 0 Å². The molecule has 1 saturated heterocycles. The van der Waals surface area contributed by atoms with E-state index in [9.17, 15) is 4.39 Å². The lowest BCUT2D eigenvalue weighted by Crippen LogP contribution is -2.49. The first-order chi connectivity index (χ1) is 12.2. The molecule has 1 aliphatic heterocycles. The summed E-state index contributed by atoms with van der Waals surface area (Å²) in [5.74, 6) is 0.626.